The van der Waals surface area contributed by atoms with Crippen LogP contribution in [0.4, 0.5) is 17.6 Å². The van der Waals surface area contributed by atoms with Gasteiger partial charge in [0.1, 0.15) is 5.82 Å². The van der Waals surface area contributed by atoms with E-state index in [1.54, 1.807) is 0 Å². The van der Waals surface area contributed by atoms with E-state index >= 15 is 0 Å². The standard InChI is InChI=1S/C9H7BrF4O/c1-4(15)6-2-5(9(12,13)14)3-7(10)8(6)11/h2-4,15H,1H3. The topological polar surface area (TPSA) is 20.2 Å². The Kier molecular flexibility index (Phi) is 3.40. The summed E-state index contributed by atoms with van der Waals surface area (Å²) in [4.78, 5) is 0. The van der Waals surface area contributed by atoms with Crippen LogP contribution in [-0.2, 0) is 6.18 Å². The fourth-order valence-corrected chi connectivity index (χ4v) is 1.55. The molecule has 0 amide bonds. The first-order valence-corrected chi connectivity index (χ1v) is 4.77. The lowest BCUT2D eigenvalue weighted by Gasteiger charge is -2.12. The molecular formula is C9H7BrF4O. The molecule has 0 saturated heterocycles. The lowest BCUT2D eigenvalue weighted by molar-refractivity contribution is -0.137. The molecule has 15 heavy (non-hydrogen) atoms. The van der Waals surface area contributed by atoms with Gasteiger partial charge in [-0.3, -0.25) is 0 Å². The molecule has 0 heterocycles. The summed E-state index contributed by atoms with van der Waals surface area (Å²) < 4.78 is 49.9. The molecule has 0 aliphatic carbocycles. The molecule has 0 aliphatic rings. The molecule has 1 atom stereocenters. The molecule has 0 radical (unpaired) electrons. The number of hydrogen-bond donors (Lipinski definition) is 1. The minimum absolute atomic E-state index is 0.312. The van der Waals surface area contributed by atoms with E-state index < -0.39 is 23.7 Å². The molecule has 0 aromatic heterocycles. The van der Waals surface area contributed by atoms with Crippen LogP contribution in [0.2, 0.25) is 0 Å². The highest BCUT2D eigenvalue weighted by molar-refractivity contribution is 9.10. The van der Waals surface area contributed by atoms with Gasteiger partial charge in [0.25, 0.3) is 0 Å². The molecule has 1 rings (SSSR count). The average molecular weight is 287 g/mol. The van der Waals surface area contributed by atoms with Crippen LogP contribution in [0.25, 0.3) is 0 Å². The van der Waals surface area contributed by atoms with Crippen molar-refractivity contribution in [1.82, 2.24) is 0 Å². The summed E-state index contributed by atoms with van der Waals surface area (Å²) >= 11 is 2.67. The van der Waals surface area contributed by atoms with E-state index in [1.807, 2.05) is 0 Å². The van der Waals surface area contributed by atoms with Crippen molar-refractivity contribution in [2.45, 2.75) is 19.2 Å². The second-order valence-corrected chi connectivity index (χ2v) is 3.89. The van der Waals surface area contributed by atoms with Crippen molar-refractivity contribution in [3.63, 3.8) is 0 Å². The van der Waals surface area contributed by atoms with E-state index in [0.717, 1.165) is 0 Å². The summed E-state index contributed by atoms with van der Waals surface area (Å²) in [7, 11) is 0. The molecule has 1 nitrogen and oxygen atoms in total. The highest BCUT2D eigenvalue weighted by atomic mass is 79.9. The smallest absolute Gasteiger partial charge is 0.389 e. The number of halogens is 5. The number of aliphatic hydroxyl groups excluding tert-OH is 1. The maximum absolute atomic E-state index is 13.2. The van der Waals surface area contributed by atoms with Crippen molar-refractivity contribution in [2.75, 3.05) is 0 Å². The number of alkyl halides is 3. The minimum Gasteiger partial charge on any atom is -0.389 e. The predicted molar refractivity (Wildman–Crippen MR) is 49.7 cm³/mol. The van der Waals surface area contributed by atoms with Gasteiger partial charge >= 0.3 is 6.18 Å². The summed E-state index contributed by atoms with van der Waals surface area (Å²) in [5.74, 6) is -0.877. The highest BCUT2D eigenvalue weighted by Crippen LogP contribution is 2.35. The third-order valence-corrected chi connectivity index (χ3v) is 2.41. The Morgan fingerprint density at radius 3 is 2.27 bits per heavy atom. The molecular weight excluding hydrogens is 280 g/mol. The van der Waals surface area contributed by atoms with Gasteiger partial charge in [-0.15, -0.1) is 0 Å². The van der Waals surface area contributed by atoms with Crippen LogP contribution in [0, 0.1) is 5.82 Å². The van der Waals surface area contributed by atoms with E-state index in [4.69, 9.17) is 5.11 Å². The van der Waals surface area contributed by atoms with Crippen molar-refractivity contribution in [3.05, 3.63) is 33.5 Å². The Bertz CT molecular complexity index is 373. The lowest BCUT2D eigenvalue weighted by atomic mass is 10.1. The Labute approximate surface area is 91.9 Å². The van der Waals surface area contributed by atoms with Gasteiger partial charge in [-0.2, -0.15) is 13.2 Å². The molecule has 0 bridgehead atoms. The molecule has 0 aliphatic heterocycles. The normalized spacial score (nSPS) is 14.1. The van der Waals surface area contributed by atoms with Gasteiger partial charge in [-0.05, 0) is 35.0 Å². The fourth-order valence-electron chi connectivity index (χ4n) is 1.08. The number of rotatable bonds is 1. The molecule has 1 unspecified atom stereocenters. The highest BCUT2D eigenvalue weighted by Gasteiger charge is 2.32. The maximum Gasteiger partial charge on any atom is 0.416 e. The van der Waals surface area contributed by atoms with Gasteiger partial charge in [-0.25, -0.2) is 4.39 Å². The minimum atomic E-state index is -4.56. The summed E-state index contributed by atoms with van der Waals surface area (Å²) in [6.07, 6.45) is -5.84. The summed E-state index contributed by atoms with van der Waals surface area (Å²) in [6.45, 7) is 1.20. The number of benzene rings is 1. The van der Waals surface area contributed by atoms with Crippen molar-refractivity contribution >= 4 is 15.9 Å². The molecule has 84 valence electrons. The van der Waals surface area contributed by atoms with Gasteiger partial charge in [0.05, 0.1) is 16.1 Å². The second-order valence-electron chi connectivity index (χ2n) is 3.04. The zero-order valence-electron chi connectivity index (χ0n) is 7.57. The van der Waals surface area contributed by atoms with Crippen molar-refractivity contribution in [3.8, 4) is 0 Å². The third-order valence-electron chi connectivity index (χ3n) is 1.83. The summed E-state index contributed by atoms with van der Waals surface area (Å²) in [6, 6.07) is 1.24. The molecule has 1 aromatic rings. The zero-order chi connectivity index (χ0) is 11.8. The van der Waals surface area contributed by atoms with Gasteiger partial charge in [-0.1, -0.05) is 0 Å². The van der Waals surface area contributed by atoms with Gasteiger partial charge in [0.15, 0.2) is 0 Å². The zero-order valence-corrected chi connectivity index (χ0v) is 9.16. The van der Waals surface area contributed by atoms with E-state index in [2.05, 4.69) is 15.9 Å². The third kappa shape index (κ3) is 2.69. The van der Waals surface area contributed by atoms with E-state index in [9.17, 15) is 17.6 Å². The fraction of sp³-hybridized carbons (Fsp3) is 0.333. The molecule has 0 spiro atoms. The van der Waals surface area contributed by atoms with Crippen LogP contribution < -0.4 is 0 Å². The predicted octanol–water partition coefficient (Wildman–Crippen LogP) is 3.66. The lowest BCUT2D eigenvalue weighted by Crippen LogP contribution is -2.08. The van der Waals surface area contributed by atoms with Crippen LogP contribution in [0.3, 0.4) is 0 Å². The number of aliphatic hydroxyl groups is 1. The summed E-state index contributed by atoms with van der Waals surface area (Å²) in [5, 5.41) is 9.09. The first-order valence-electron chi connectivity index (χ1n) is 3.97. The average Bonchev–Trinajstić information content (AvgIpc) is 2.06. The Hall–Kier alpha value is -0.620. The monoisotopic (exact) mass is 286 g/mol. The van der Waals surface area contributed by atoms with Crippen molar-refractivity contribution in [2.24, 2.45) is 0 Å². The van der Waals surface area contributed by atoms with E-state index in [0.29, 0.717) is 12.1 Å². The first-order chi connectivity index (χ1) is 6.73. The van der Waals surface area contributed by atoms with Crippen LogP contribution >= 0.6 is 15.9 Å². The van der Waals surface area contributed by atoms with Crippen LogP contribution in [0.15, 0.2) is 16.6 Å². The second kappa shape index (κ2) is 4.09. The van der Waals surface area contributed by atoms with E-state index in [1.165, 1.54) is 6.92 Å². The van der Waals surface area contributed by atoms with Crippen LogP contribution in [0.5, 0.6) is 0 Å². The van der Waals surface area contributed by atoms with Crippen molar-refractivity contribution in [1.29, 1.82) is 0 Å². The maximum atomic E-state index is 13.2. The van der Waals surface area contributed by atoms with E-state index in [-0.39, 0.29) is 10.0 Å². The Morgan fingerprint density at radius 2 is 1.87 bits per heavy atom. The SMILES string of the molecule is CC(O)c1cc(C(F)(F)F)cc(Br)c1F. The summed E-state index contributed by atoms with van der Waals surface area (Å²) in [5.41, 5.74) is -1.37. The molecule has 6 heteroatoms. The Balaban J connectivity index is 3.36. The Morgan fingerprint density at radius 1 is 1.33 bits per heavy atom. The quantitative estimate of drug-likeness (QED) is 0.781. The van der Waals surface area contributed by atoms with Crippen LogP contribution in [-0.4, -0.2) is 5.11 Å². The van der Waals surface area contributed by atoms with Crippen LogP contribution in [0.1, 0.15) is 24.2 Å². The van der Waals surface area contributed by atoms with Crippen molar-refractivity contribution < 1.29 is 22.7 Å². The molecule has 1 aromatic carbocycles. The van der Waals surface area contributed by atoms with Gasteiger partial charge in [0, 0.05) is 5.56 Å². The molecule has 1 N–H and O–H groups in total. The molecule has 0 saturated carbocycles. The number of hydrogen-bond acceptors (Lipinski definition) is 1. The molecule has 0 fully saturated rings. The largest absolute Gasteiger partial charge is 0.416 e. The first kappa shape index (κ1) is 12.4. The van der Waals surface area contributed by atoms with Gasteiger partial charge < -0.3 is 5.11 Å². The van der Waals surface area contributed by atoms with Gasteiger partial charge in [0.2, 0.25) is 0 Å².